The largest absolute Gasteiger partial charge is 0.395 e. The van der Waals surface area contributed by atoms with Gasteiger partial charge in [-0.05, 0) is 50.9 Å². The minimum Gasteiger partial charge on any atom is -0.395 e. The highest BCUT2D eigenvalue weighted by Gasteiger charge is 2.22. The van der Waals surface area contributed by atoms with E-state index in [9.17, 15) is 4.79 Å². The fraction of sp³-hybridized carbons (Fsp3) is 0.583. The zero-order valence-corrected chi connectivity index (χ0v) is 14.4. The number of hydrogen-bond acceptors (Lipinski definition) is 4. The van der Waals surface area contributed by atoms with E-state index >= 15 is 0 Å². The van der Waals surface area contributed by atoms with E-state index in [0.29, 0.717) is 6.54 Å². The summed E-state index contributed by atoms with van der Waals surface area (Å²) in [5.41, 5.74) is 0.729. The molecule has 1 aromatic rings. The highest BCUT2D eigenvalue weighted by molar-refractivity contribution is 9.12. The van der Waals surface area contributed by atoms with Gasteiger partial charge in [0.05, 0.1) is 19.7 Å². The molecule has 7 heteroatoms. The third kappa shape index (κ3) is 4.01. The maximum Gasteiger partial charge on any atom is 0.255 e. The van der Waals surface area contributed by atoms with Gasteiger partial charge in [0, 0.05) is 26.2 Å². The summed E-state index contributed by atoms with van der Waals surface area (Å²) in [5, 5.41) is 8.97. The number of thiophene rings is 1. The Hall–Kier alpha value is 0.0500. The molecule has 1 saturated heterocycles. The van der Waals surface area contributed by atoms with Crippen LogP contribution in [0, 0.1) is 0 Å². The van der Waals surface area contributed by atoms with Crippen molar-refractivity contribution in [2.45, 2.75) is 6.42 Å². The van der Waals surface area contributed by atoms with Gasteiger partial charge in [-0.25, -0.2) is 0 Å². The van der Waals surface area contributed by atoms with Crippen LogP contribution in [-0.2, 0) is 0 Å². The summed E-state index contributed by atoms with van der Waals surface area (Å²) < 4.78 is 1.83. The van der Waals surface area contributed by atoms with Gasteiger partial charge in [-0.2, -0.15) is 0 Å². The van der Waals surface area contributed by atoms with Crippen LogP contribution in [0.15, 0.2) is 13.6 Å². The maximum atomic E-state index is 12.5. The normalized spacial score (nSPS) is 17.5. The minimum atomic E-state index is 0.0830. The second-order valence-corrected chi connectivity index (χ2v) is 8.20. The first-order valence-corrected chi connectivity index (χ1v) is 8.59. The molecule has 1 fully saturated rings. The Morgan fingerprint density at radius 1 is 1.32 bits per heavy atom. The van der Waals surface area contributed by atoms with Gasteiger partial charge in [0.1, 0.15) is 0 Å². The molecule has 1 aromatic heterocycles. The molecule has 106 valence electrons. The van der Waals surface area contributed by atoms with Crippen LogP contribution in [0.3, 0.4) is 0 Å². The molecule has 0 saturated carbocycles. The highest BCUT2D eigenvalue weighted by atomic mass is 79.9. The van der Waals surface area contributed by atoms with Crippen LogP contribution >= 0.6 is 43.2 Å². The molecule has 0 aliphatic carbocycles. The van der Waals surface area contributed by atoms with E-state index in [2.05, 4.69) is 36.8 Å². The van der Waals surface area contributed by atoms with Crippen molar-refractivity contribution in [3.8, 4) is 0 Å². The molecule has 0 atom stereocenters. The van der Waals surface area contributed by atoms with E-state index in [1.807, 2.05) is 11.0 Å². The first-order chi connectivity index (χ1) is 9.11. The summed E-state index contributed by atoms with van der Waals surface area (Å²) in [6.45, 7) is 4.14. The molecule has 2 heterocycles. The van der Waals surface area contributed by atoms with Gasteiger partial charge in [-0.3, -0.25) is 9.69 Å². The van der Waals surface area contributed by atoms with E-state index < -0.39 is 0 Å². The van der Waals surface area contributed by atoms with Gasteiger partial charge in [-0.15, -0.1) is 11.3 Å². The lowest BCUT2D eigenvalue weighted by Crippen LogP contribution is -2.35. The quantitative estimate of drug-likeness (QED) is 0.830. The van der Waals surface area contributed by atoms with Gasteiger partial charge < -0.3 is 10.0 Å². The third-order valence-corrected chi connectivity index (χ3v) is 5.52. The second kappa shape index (κ2) is 7.17. The van der Waals surface area contributed by atoms with Crippen LogP contribution in [-0.4, -0.2) is 60.1 Å². The van der Waals surface area contributed by atoms with Crippen molar-refractivity contribution >= 4 is 49.1 Å². The lowest BCUT2D eigenvalue weighted by molar-refractivity contribution is 0.0760. The van der Waals surface area contributed by atoms with Crippen LogP contribution in [0.25, 0.3) is 0 Å². The number of carbonyl (C=O) groups excluding carboxylic acids is 1. The topological polar surface area (TPSA) is 43.8 Å². The van der Waals surface area contributed by atoms with E-state index in [0.717, 1.165) is 45.7 Å². The molecule has 0 radical (unpaired) electrons. The summed E-state index contributed by atoms with van der Waals surface area (Å²) in [7, 11) is 0. The fourth-order valence-electron chi connectivity index (χ4n) is 2.20. The number of β-amino-alcohol motifs (C(OH)–C–C–N with tert-alkyl or cyclic N) is 1. The number of amides is 1. The molecule has 1 amide bonds. The Balaban J connectivity index is 2.02. The number of nitrogens with zero attached hydrogens (tertiary/aromatic N) is 2. The molecular weight excluding hydrogens is 396 g/mol. The van der Waals surface area contributed by atoms with E-state index in [1.165, 1.54) is 11.3 Å². The fourth-order valence-corrected chi connectivity index (χ4v) is 4.97. The van der Waals surface area contributed by atoms with E-state index in [-0.39, 0.29) is 12.5 Å². The van der Waals surface area contributed by atoms with Crippen LogP contribution < -0.4 is 0 Å². The monoisotopic (exact) mass is 410 g/mol. The van der Waals surface area contributed by atoms with Crippen LogP contribution in [0.2, 0.25) is 0 Å². The van der Waals surface area contributed by atoms with Crippen molar-refractivity contribution < 1.29 is 9.90 Å². The summed E-state index contributed by atoms with van der Waals surface area (Å²) in [6, 6.07) is 1.87. The zero-order valence-electron chi connectivity index (χ0n) is 10.4. The first kappa shape index (κ1) is 15.4. The van der Waals surface area contributed by atoms with Crippen molar-refractivity contribution in [1.82, 2.24) is 9.80 Å². The van der Waals surface area contributed by atoms with E-state index in [1.54, 1.807) is 0 Å². The number of rotatable bonds is 3. The molecule has 0 aromatic carbocycles. The second-order valence-electron chi connectivity index (χ2n) is 4.45. The molecule has 19 heavy (non-hydrogen) atoms. The number of hydrogen-bond donors (Lipinski definition) is 1. The van der Waals surface area contributed by atoms with Crippen molar-refractivity contribution in [3.05, 3.63) is 19.2 Å². The smallest absolute Gasteiger partial charge is 0.255 e. The Morgan fingerprint density at radius 2 is 2.11 bits per heavy atom. The van der Waals surface area contributed by atoms with Gasteiger partial charge in [0.25, 0.3) is 5.91 Å². The van der Waals surface area contributed by atoms with Crippen LogP contribution in [0.1, 0.15) is 16.8 Å². The first-order valence-electron chi connectivity index (χ1n) is 6.19. The van der Waals surface area contributed by atoms with E-state index in [4.69, 9.17) is 5.11 Å². The molecule has 0 bridgehead atoms. The number of halogens is 2. The number of carbonyl (C=O) groups is 1. The van der Waals surface area contributed by atoms with Crippen molar-refractivity contribution in [1.29, 1.82) is 0 Å². The average Bonchev–Trinajstić information content (AvgIpc) is 2.59. The lowest BCUT2D eigenvalue weighted by Gasteiger charge is -2.21. The standard InChI is InChI=1S/C12H16Br2N2O2S/c13-10-8-9(11(14)19-10)12(18)16-3-1-2-15(4-5-16)6-7-17/h8,17H,1-7H2. The summed E-state index contributed by atoms with van der Waals surface area (Å²) in [5.74, 6) is 0.0830. The molecular formula is C12H16Br2N2O2S. The molecule has 1 aliphatic heterocycles. The van der Waals surface area contributed by atoms with Crippen molar-refractivity contribution in [3.63, 3.8) is 0 Å². The Kier molecular flexibility index (Phi) is 5.83. The number of aliphatic hydroxyl groups is 1. The SMILES string of the molecule is O=C(c1cc(Br)sc1Br)N1CCCN(CCO)CC1. The molecule has 1 aliphatic rings. The van der Waals surface area contributed by atoms with Gasteiger partial charge >= 0.3 is 0 Å². The molecule has 0 spiro atoms. The molecule has 1 N–H and O–H groups in total. The van der Waals surface area contributed by atoms with Gasteiger partial charge in [0.2, 0.25) is 0 Å². The maximum absolute atomic E-state index is 12.5. The molecule has 0 unspecified atom stereocenters. The Labute approximate surface area is 133 Å². The Morgan fingerprint density at radius 3 is 2.74 bits per heavy atom. The predicted octanol–water partition coefficient (Wildman–Crippen LogP) is 2.41. The van der Waals surface area contributed by atoms with Crippen LogP contribution in [0.4, 0.5) is 0 Å². The molecule has 4 nitrogen and oxygen atoms in total. The van der Waals surface area contributed by atoms with Crippen molar-refractivity contribution in [2.75, 3.05) is 39.3 Å². The van der Waals surface area contributed by atoms with Crippen molar-refractivity contribution in [2.24, 2.45) is 0 Å². The summed E-state index contributed by atoms with van der Waals surface area (Å²) in [6.07, 6.45) is 0.953. The summed E-state index contributed by atoms with van der Waals surface area (Å²) in [4.78, 5) is 16.6. The Bertz CT molecular complexity index is 453. The predicted molar refractivity (Wildman–Crippen MR) is 83.8 cm³/mol. The van der Waals surface area contributed by atoms with Crippen LogP contribution in [0.5, 0.6) is 0 Å². The van der Waals surface area contributed by atoms with Gasteiger partial charge in [0.15, 0.2) is 0 Å². The number of aliphatic hydroxyl groups excluding tert-OH is 1. The minimum absolute atomic E-state index is 0.0830. The lowest BCUT2D eigenvalue weighted by atomic mass is 10.3. The third-order valence-electron chi connectivity index (χ3n) is 3.18. The zero-order chi connectivity index (χ0) is 13.8. The molecule has 2 rings (SSSR count). The summed E-state index contributed by atoms with van der Waals surface area (Å²) >= 11 is 8.36. The average molecular weight is 412 g/mol. The van der Waals surface area contributed by atoms with Gasteiger partial charge in [-0.1, -0.05) is 0 Å². The highest BCUT2D eigenvalue weighted by Crippen LogP contribution is 2.32.